The van der Waals surface area contributed by atoms with Crippen molar-refractivity contribution in [2.24, 2.45) is 0 Å². The largest absolute Gasteiger partial charge is 0.465 e. The van der Waals surface area contributed by atoms with Crippen LogP contribution >= 0.6 is 23.5 Å². The van der Waals surface area contributed by atoms with Gasteiger partial charge in [0.05, 0.1) is 12.4 Å². The van der Waals surface area contributed by atoms with Crippen molar-refractivity contribution in [2.45, 2.75) is 41.6 Å². The van der Waals surface area contributed by atoms with Crippen molar-refractivity contribution in [1.29, 1.82) is 0 Å². The molecule has 0 fully saturated rings. The molecule has 3 aromatic rings. The van der Waals surface area contributed by atoms with E-state index in [1.54, 1.807) is 37.5 Å². The molecule has 0 spiro atoms. The zero-order valence-electron chi connectivity index (χ0n) is 16.0. The van der Waals surface area contributed by atoms with Gasteiger partial charge >= 0.3 is 5.97 Å². The molecule has 0 aliphatic rings. The second kappa shape index (κ2) is 10.4. The number of rotatable bonds is 9. The summed E-state index contributed by atoms with van der Waals surface area (Å²) >= 11 is 2.70. The fourth-order valence-electron chi connectivity index (χ4n) is 2.47. The lowest BCUT2D eigenvalue weighted by Gasteiger charge is -2.14. The predicted octanol–water partition coefficient (Wildman–Crippen LogP) is 3.92. The van der Waals surface area contributed by atoms with Crippen LogP contribution in [0.15, 0.2) is 53.0 Å². The highest BCUT2D eigenvalue weighted by Gasteiger charge is 2.24. The maximum absolute atomic E-state index is 13.4. The third kappa shape index (κ3) is 5.54. The monoisotopic (exact) mass is 433 g/mol. The first-order chi connectivity index (χ1) is 14.1. The average Bonchev–Trinajstić information content (AvgIpc) is 3.14. The molecule has 1 atom stereocenters. The van der Waals surface area contributed by atoms with E-state index in [1.807, 2.05) is 11.5 Å². The molecule has 0 amide bonds. The Balaban J connectivity index is 1.90. The Morgan fingerprint density at radius 3 is 2.55 bits per heavy atom. The van der Waals surface area contributed by atoms with Crippen molar-refractivity contribution in [3.8, 4) is 5.69 Å². The summed E-state index contributed by atoms with van der Waals surface area (Å²) < 4.78 is 20.4. The fraction of sp³-hybridized carbons (Fsp3) is 0.316. The second-order valence-corrected chi connectivity index (χ2v) is 7.91. The molecule has 2 aromatic heterocycles. The van der Waals surface area contributed by atoms with Crippen LogP contribution in [0.4, 0.5) is 4.39 Å². The smallest absolute Gasteiger partial charge is 0.319 e. The molecule has 1 aromatic carbocycles. The van der Waals surface area contributed by atoms with Crippen LogP contribution in [-0.2, 0) is 15.3 Å². The third-order valence-electron chi connectivity index (χ3n) is 3.83. The Labute approximate surface area is 176 Å². The molecule has 3 rings (SSSR count). The van der Waals surface area contributed by atoms with E-state index in [9.17, 15) is 9.18 Å². The maximum Gasteiger partial charge on any atom is 0.319 e. The lowest BCUT2D eigenvalue weighted by Crippen LogP contribution is -2.20. The lowest BCUT2D eigenvalue weighted by atomic mass is 10.3. The van der Waals surface area contributed by atoms with Gasteiger partial charge < -0.3 is 4.74 Å². The second-order valence-electron chi connectivity index (χ2n) is 5.80. The first kappa shape index (κ1) is 21.3. The van der Waals surface area contributed by atoms with E-state index in [4.69, 9.17) is 4.74 Å². The normalized spacial score (nSPS) is 12.0. The highest BCUT2D eigenvalue weighted by Crippen LogP contribution is 2.30. The number of aromatic nitrogens is 5. The van der Waals surface area contributed by atoms with Crippen LogP contribution in [0.1, 0.15) is 26.1 Å². The van der Waals surface area contributed by atoms with Gasteiger partial charge in [0, 0.05) is 18.1 Å². The number of benzene rings is 1. The van der Waals surface area contributed by atoms with Crippen molar-refractivity contribution < 1.29 is 13.9 Å². The summed E-state index contributed by atoms with van der Waals surface area (Å²) in [4.78, 5) is 20.6. The number of esters is 1. The van der Waals surface area contributed by atoms with Gasteiger partial charge in [-0.3, -0.25) is 9.36 Å². The van der Waals surface area contributed by atoms with Gasteiger partial charge in [-0.25, -0.2) is 14.4 Å². The molecule has 2 heterocycles. The topological polar surface area (TPSA) is 82.8 Å². The molecular formula is C19H20FN5O2S2. The molecule has 0 radical (unpaired) electrons. The first-order valence-corrected chi connectivity index (χ1v) is 10.9. The number of halogens is 1. The number of nitrogens with zero attached hydrogens (tertiary/aromatic N) is 5. The van der Waals surface area contributed by atoms with Gasteiger partial charge in [0.25, 0.3) is 0 Å². The molecule has 0 saturated heterocycles. The summed E-state index contributed by atoms with van der Waals surface area (Å²) in [6, 6.07) is 7.82. The molecular weight excluding hydrogens is 413 g/mol. The van der Waals surface area contributed by atoms with Crippen LogP contribution in [0.2, 0.25) is 0 Å². The van der Waals surface area contributed by atoms with E-state index >= 15 is 0 Å². The zero-order valence-corrected chi connectivity index (χ0v) is 17.6. The van der Waals surface area contributed by atoms with Crippen molar-refractivity contribution in [1.82, 2.24) is 24.7 Å². The molecule has 152 valence electrons. The molecule has 0 saturated carbocycles. The maximum atomic E-state index is 13.4. The Kier molecular flexibility index (Phi) is 7.59. The van der Waals surface area contributed by atoms with E-state index in [2.05, 4.69) is 20.2 Å². The lowest BCUT2D eigenvalue weighted by molar-refractivity contribution is -0.142. The number of ether oxygens (including phenoxy) is 1. The number of hydrogen-bond acceptors (Lipinski definition) is 8. The predicted molar refractivity (Wildman–Crippen MR) is 109 cm³/mol. The van der Waals surface area contributed by atoms with Crippen LogP contribution in [0, 0.1) is 5.82 Å². The summed E-state index contributed by atoms with van der Waals surface area (Å²) in [5, 5.41) is 9.33. The minimum atomic E-state index is -0.406. The van der Waals surface area contributed by atoms with E-state index in [-0.39, 0.29) is 11.8 Å². The molecule has 29 heavy (non-hydrogen) atoms. The van der Waals surface area contributed by atoms with Crippen LogP contribution in [0.5, 0.6) is 0 Å². The number of hydrogen-bond donors (Lipinski definition) is 0. The molecule has 1 unspecified atom stereocenters. The number of carbonyl (C=O) groups excluding carboxylic acids is 1. The molecule has 0 bridgehead atoms. The van der Waals surface area contributed by atoms with Gasteiger partial charge in [-0.15, -0.1) is 10.2 Å². The van der Waals surface area contributed by atoms with Crippen LogP contribution in [0.25, 0.3) is 5.69 Å². The zero-order chi connectivity index (χ0) is 20.6. The first-order valence-electron chi connectivity index (χ1n) is 9.05. The Hall–Kier alpha value is -2.46. The van der Waals surface area contributed by atoms with Gasteiger partial charge in [-0.05, 0) is 43.7 Å². The molecule has 7 nitrogen and oxygen atoms in total. The van der Waals surface area contributed by atoms with Gasteiger partial charge in [-0.2, -0.15) is 0 Å². The third-order valence-corrected chi connectivity index (χ3v) is 5.98. The van der Waals surface area contributed by atoms with Crippen molar-refractivity contribution >= 4 is 29.5 Å². The van der Waals surface area contributed by atoms with E-state index in [0.717, 1.165) is 0 Å². The average molecular weight is 434 g/mol. The molecule has 0 aliphatic carbocycles. The van der Waals surface area contributed by atoms with E-state index < -0.39 is 5.25 Å². The van der Waals surface area contributed by atoms with Crippen molar-refractivity contribution in [3.63, 3.8) is 0 Å². The Morgan fingerprint density at radius 2 is 1.90 bits per heavy atom. The standard InChI is InChI=1S/C19H20FN5O2S2/c1-3-15(17(26)27-4-2)29-19-24-23-16(12-28-18-21-10-5-11-22-18)25(19)14-8-6-13(20)7-9-14/h5-11,15H,3-4,12H2,1-2H3. The summed E-state index contributed by atoms with van der Waals surface area (Å²) in [7, 11) is 0. The summed E-state index contributed by atoms with van der Waals surface area (Å²) in [5.74, 6) is 0.491. The minimum absolute atomic E-state index is 0.290. The van der Waals surface area contributed by atoms with Crippen LogP contribution in [-0.4, -0.2) is 42.6 Å². The molecule has 0 N–H and O–H groups in total. The highest BCUT2D eigenvalue weighted by molar-refractivity contribution is 8.00. The van der Waals surface area contributed by atoms with E-state index in [0.29, 0.717) is 40.6 Å². The fourth-order valence-corrected chi connectivity index (χ4v) is 4.17. The molecule has 0 aliphatic heterocycles. The number of carbonyl (C=O) groups is 1. The number of thioether (sulfide) groups is 2. The highest BCUT2D eigenvalue weighted by atomic mass is 32.2. The minimum Gasteiger partial charge on any atom is -0.465 e. The van der Waals surface area contributed by atoms with Crippen LogP contribution in [0.3, 0.4) is 0 Å². The summed E-state index contributed by atoms with van der Waals surface area (Å²) in [6.45, 7) is 4.01. The van der Waals surface area contributed by atoms with Crippen molar-refractivity contribution in [3.05, 3.63) is 54.4 Å². The van der Waals surface area contributed by atoms with Crippen LogP contribution < -0.4 is 0 Å². The van der Waals surface area contributed by atoms with Crippen molar-refractivity contribution in [2.75, 3.05) is 6.61 Å². The Morgan fingerprint density at radius 1 is 1.17 bits per heavy atom. The van der Waals surface area contributed by atoms with E-state index in [1.165, 1.54) is 35.7 Å². The summed E-state index contributed by atoms with van der Waals surface area (Å²) in [5.41, 5.74) is 0.710. The molecule has 10 heteroatoms. The van der Waals surface area contributed by atoms with Gasteiger partial charge in [-0.1, -0.05) is 30.4 Å². The summed E-state index contributed by atoms with van der Waals surface area (Å²) in [6.07, 6.45) is 3.93. The van der Waals surface area contributed by atoms with Gasteiger partial charge in [0.15, 0.2) is 10.3 Å². The van der Waals surface area contributed by atoms with Gasteiger partial charge in [0.2, 0.25) is 0 Å². The quantitative estimate of drug-likeness (QED) is 0.285. The van der Waals surface area contributed by atoms with Gasteiger partial charge in [0.1, 0.15) is 16.9 Å². The Bertz CT molecular complexity index is 938. The SMILES string of the molecule is CCOC(=O)C(CC)Sc1nnc(CSc2ncccn2)n1-c1ccc(F)cc1.